The van der Waals surface area contributed by atoms with Gasteiger partial charge in [-0.15, -0.1) is 0 Å². The van der Waals surface area contributed by atoms with Crippen LogP contribution in [0.2, 0.25) is 0 Å². The molecule has 0 aromatic heterocycles. The van der Waals surface area contributed by atoms with Crippen LogP contribution in [0, 0.1) is 24.2 Å². The zero-order valence-electron chi connectivity index (χ0n) is 11.2. The fourth-order valence-corrected chi connectivity index (χ4v) is 4.08. The van der Waals surface area contributed by atoms with Gasteiger partial charge in [-0.1, -0.05) is 0 Å². The predicted octanol–water partition coefficient (Wildman–Crippen LogP) is 1.47. The molecule has 0 spiro atoms. The first-order valence-corrected chi connectivity index (χ1v) is 7.89. The van der Waals surface area contributed by atoms with Crippen LogP contribution in [0.3, 0.4) is 0 Å². The largest absolute Gasteiger partial charge is 0.303 e. The molecule has 0 amide bonds. The molecule has 0 bridgehead atoms. The first kappa shape index (κ1) is 14.7. The van der Waals surface area contributed by atoms with E-state index in [1.807, 2.05) is 6.07 Å². The minimum absolute atomic E-state index is 0.0384. The molecule has 6 heteroatoms. The third-order valence-corrected chi connectivity index (χ3v) is 5.67. The van der Waals surface area contributed by atoms with E-state index in [1.54, 1.807) is 13.0 Å². The average molecular weight is 292 g/mol. The molecular weight excluding hydrogens is 276 g/mol. The monoisotopic (exact) mass is 292 g/mol. The van der Waals surface area contributed by atoms with Crippen molar-refractivity contribution in [1.29, 1.82) is 5.26 Å². The Morgan fingerprint density at radius 2 is 2.00 bits per heavy atom. The van der Waals surface area contributed by atoms with Gasteiger partial charge in [0.2, 0.25) is 10.0 Å². The Morgan fingerprint density at radius 1 is 1.35 bits per heavy atom. The van der Waals surface area contributed by atoms with Crippen LogP contribution in [-0.2, 0) is 14.8 Å². The molecule has 1 aromatic carbocycles. The molecule has 1 saturated heterocycles. The summed E-state index contributed by atoms with van der Waals surface area (Å²) in [5.41, 5.74) is 1.02. The molecule has 0 saturated carbocycles. The average Bonchev–Trinajstić information content (AvgIpc) is 2.46. The number of rotatable bonds is 3. The van der Waals surface area contributed by atoms with Crippen molar-refractivity contribution in [2.45, 2.75) is 24.7 Å². The van der Waals surface area contributed by atoms with E-state index in [9.17, 15) is 13.2 Å². The van der Waals surface area contributed by atoms with Gasteiger partial charge in [0.25, 0.3) is 0 Å². The van der Waals surface area contributed by atoms with E-state index in [0.29, 0.717) is 37.1 Å². The summed E-state index contributed by atoms with van der Waals surface area (Å²) in [6.07, 6.45) is 2.03. The number of piperidine rings is 1. The number of carbonyl (C=O) groups excluding carboxylic acids is 1. The number of hydrogen-bond acceptors (Lipinski definition) is 4. The molecule has 0 radical (unpaired) electrons. The second-order valence-corrected chi connectivity index (χ2v) is 6.88. The van der Waals surface area contributed by atoms with Crippen molar-refractivity contribution in [3.8, 4) is 6.07 Å². The minimum atomic E-state index is -3.54. The van der Waals surface area contributed by atoms with Crippen molar-refractivity contribution < 1.29 is 13.2 Å². The van der Waals surface area contributed by atoms with Crippen molar-refractivity contribution in [2.24, 2.45) is 5.92 Å². The van der Waals surface area contributed by atoms with Crippen LogP contribution in [-0.4, -0.2) is 32.1 Å². The topological polar surface area (TPSA) is 78.2 Å². The third kappa shape index (κ3) is 2.74. The summed E-state index contributed by atoms with van der Waals surface area (Å²) in [7, 11) is -3.54. The minimum Gasteiger partial charge on any atom is -0.303 e. The number of hydrogen-bond donors (Lipinski definition) is 0. The second kappa shape index (κ2) is 5.73. The van der Waals surface area contributed by atoms with Crippen LogP contribution in [0.15, 0.2) is 23.1 Å². The molecular formula is C14H16N2O3S. The van der Waals surface area contributed by atoms with E-state index >= 15 is 0 Å². The number of carbonyl (C=O) groups is 1. The van der Waals surface area contributed by atoms with E-state index in [4.69, 9.17) is 5.26 Å². The van der Waals surface area contributed by atoms with E-state index in [-0.39, 0.29) is 10.8 Å². The molecule has 1 aromatic rings. The normalized spacial score (nSPS) is 17.6. The Labute approximate surface area is 118 Å². The lowest BCUT2D eigenvalue weighted by molar-refractivity contribution is -0.112. The van der Waals surface area contributed by atoms with Gasteiger partial charge in [0.1, 0.15) is 6.29 Å². The molecule has 1 aliphatic heterocycles. The summed E-state index contributed by atoms with van der Waals surface area (Å²) in [4.78, 5) is 10.9. The summed E-state index contributed by atoms with van der Waals surface area (Å²) >= 11 is 0. The van der Waals surface area contributed by atoms with Crippen molar-refractivity contribution in [3.63, 3.8) is 0 Å². The number of aryl methyl sites for hydroxylation is 1. The standard InChI is InChI=1S/C14H16N2O3S/c1-11-8-13(9-15)2-3-14(11)20(18,19)16-6-4-12(10-17)5-7-16/h2-3,8,10,12H,4-7H2,1H3. The van der Waals surface area contributed by atoms with Gasteiger partial charge in [0.15, 0.2) is 0 Å². The molecule has 1 aliphatic rings. The Hall–Kier alpha value is -1.71. The summed E-state index contributed by atoms with van der Waals surface area (Å²) in [5, 5.41) is 8.82. The van der Waals surface area contributed by atoms with Crippen LogP contribution in [0.5, 0.6) is 0 Å². The van der Waals surface area contributed by atoms with E-state index < -0.39 is 10.0 Å². The van der Waals surface area contributed by atoms with Gasteiger partial charge in [-0.25, -0.2) is 8.42 Å². The van der Waals surface area contributed by atoms with Crippen molar-refractivity contribution in [2.75, 3.05) is 13.1 Å². The SMILES string of the molecule is Cc1cc(C#N)ccc1S(=O)(=O)N1CCC(C=O)CC1. The lowest BCUT2D eigenvalue weighted by Crippen LogP contribution is -2.39. The molecule has 1 fully saturated rings. The third-order valence-electron chi connectivity index (χ3n) is 3.61. The second-order valence-electron chi connectivity index (χ2n) is 4.97. The van der Waals surface area contributed by atoms with Gasteiger partial charge in [0, 0.05) is 19.0 Å². The van der Waals surface area contributed by atoms with Gasteiger partial charge < -0.3 is 4.79 Å². The van der Waals surface area contributed by atoms with Crippen LogP contribution in [0.4, 0.5) is 0 Å². The summed E-state index contributed by atoms with van der Waals surface area (Å²) in [6, 6.07) is 6.56. The molecule has 0 aliphatic carbocycles. The first-order valence-electron chi connectivity index (χ1n) is 6.45. The molecule has 0 atom stereocenters. The summed E-state index contributed by atoms with van der Waals surface area (Å²) < 4.78 is 26.5. The maximum atomic E-state index is 12.6. The van der Waals surface area contributed by atoms with Gasteiger partial charge in [-0.2, -0.15) is 9.57 Å². The van der Waals surface area contributed by atoms with Crippen LogP contribution in [0.25, 0.3) is 0 Å². The molecule has 2 rings (SSSR count). The number of nitrogens with zero attached hydrogens (tertiary/aromatic N) is 2. The highest BCUT2D eigenvalue weighted by Crippen LogP contribution is 2.25. The van der Waals surface area contributed by atoms with Gasteiger partial charge >= 0.3 is 0 Å². The first-order chi connectivity index (χ1) is 9.48. The fourth-order valence-electron chi connectivity index (χ4n) is 2.40. The van der Waals surface area contributed by atoms with Crippen LogP contribution < -0.4 is 0 Å². The maximum absolute atomic E-state index is 12.6. The highest BCUT2D eigenvalue weighted by Gasteiger charge is 2.30. The predicted molar refractivity (Wildman–Crippen MR) is 73.4 cm³/mol. The number of sulfonamides is 1. The zero-order valence-corrected chi connectivity index (χ0v) is 12.1. The van der Waals surface area contributed by atoms with E-state index in [1.165, 1.54) is 16.4 Å². The van der Waals surface area contributed by atoms with Gasteiger partial charge in [-0.05, 0) is 43.5 Å². The van der Waals surface area contributed by atoms with Crippen LogP contribution >= 0.6 is 0 Å². The Kier molecular flexibility index (Phi) is 4.21. The van der Waals surface area contributed by atoms with Crippen molar-refractivity contribution >= 4 is 16.3 Å². The highest BCUT2D eigenvalue weighted by atomic mass is 32.2. The molecule has 0 unspecified atom stereocenters. The number of nitriles is 1. The number of aldehydes is 1. The Balaban J connectivity index is 2.28. The van der Waals surface area contributed by atoms with E-state index in [2.05, 4.69) is 0 Å². The van der Waals surface area contributed by atoms with Crippen molar-refractivity contribution in [3.05, 3.63) is 29.3 Å². The lowest BCUT2D eigenvalue weighted by atomic mass is 10.0. The Morgan fingerprint density at radius 3 is 2.50 bits per heavy atom. The van der Waals surface area contributed by atoms with Crippen LogP contribution in [0.1, 0.15) is 24.0 Å². The smallest absolute Gasteiger partial charge is 0.243 e. The molecule has 5 nitrogen and oxygen atoms in total. The lowest BCUT2D eigenvalue weighted by Gasteiger charge is -2.29. The van der Waals surface area contributed by atoms with Gasteiger partial charge in [0.05, 0.1) is 16.5 Å². The Bertz CT molecular complexity index is 653. The molecule has 0 N–H and O–H groups in total. The molecule has 1 heterocycles. The fraction of sp³-hybridized carbons (Fsp3) is 0.429. The summed E-state index contributed by atoms with van der Waals surface area (Å²) in [5.74, 6) is -0.0384. The van der Waals surface area contributed by atoms with Crippen molar-refractivity contribution in [1.82, 2.24) is 4.31 Å². The molecule has 106 valence electrons. The summed E-state index contributed by atoms with van der Waals surface area (Å²) in [6.45, 7) is 2.42. The number of benzene rings is 1. The zero-order chi connectivity index (χ0) is 14.8. The quantitative estimate of drug-likeness (QED) is 0.790. The van der Waals surface area contributed by atoms with E-state index in [0.717, 1.165) is 6.29 Å². The highest BCUT2D eigenvalue weighted by molar-refractivity contribution is 7.89. The van der Waals surface area contributed by atoms with Gasteiger partial charge in [-0.3, -0.25) is 0 Å². The maximum Gasteiger partial charge on any atom is 0.243 e. The molecule has 20 heavy (non-hydrogen) atoms.